The van der Waals surface area contributed by atoms with Crippen LogP contribution in [0.1, 0.15) is 5.76 Å². The zero-order valence-corrected chi connectivity index (χ0v) is 9.65. The van der Waals surface area contributed by atoms with E-state index in [1.165, 1.54) is 12.1 Å². The molecular formula is C11H11NO4S. The van der Waals surface area contributed by atoms with Crippen molar-refractivity contribution in [3.63, 3.8) is 0 Å². The van der Waals surface area contributed by atoms with Crippen molar-refractivity contribution < 1.29 is 17.9 Å². The molecule has 0 fully saturated rings. The van der Waals surface area contributed by atoms with E-state index in [1.807, 2.05) is 0 Å². The Balaban J connectivity index is 2.25. The molecule has 0 amide bonds. The molecule has 0 unspecified atom stereocenters. The number of rotatable bonds is 4. The summed E-state index contributed by atoms with van der Waals surface area (Å²) in [6.07, 6.45) is 0. The maximum atomic E-state index is 11.8. The van der Waals surface area contributed by atoms with E-state index in [4.69, 9.17) is 9.52 Å². The molecule has 0 spiro atoms. The normalized spacial score (nSPS) is 11.4. The summed E-state index contributed by atoms with van der Waals surface area (Å²) in [5.74, 6) is 0.207. The Morgan fingerprint density at radius 1 is 1.12 bits per heavy atom. The fourth-order valence-electron chi connectivity index (χ4n) is 1.30. The number of para-hydroxylation sites is 1. The molecule has 1 heterocycles. The number of aliphatic hydroxyl groups excluding tert-OH is 1. The van der Waals surface area contributed by atoms with Crippen LogP contribution in [0.5, 0.6) is 0 Å². The second-order valence-electron chi connectivity index (χ2n) is 3.35. The number of aliphatic hydroxyl groups is 1. The average molecular weight is 253 g/mol. The van der Waals surface area contributed by atoms with Gasteiger partial charge in [0.1, 0.15) is 12.4 Å². The standard InChI is InChI=1S/C11H11NO4S/c13-8-10-6-7-11(16-10)17(14,15)12-9-4-2-1-3-5-9/h1-7,12-13H,8H2. The molecule has 0 atom stereocenters. The van der Waals surface area contributed by atoms with Crippen LogP contribution in [0.15, 0.2) is 52.0 Å². The van der Waals surface area contributed by atoms with Gasteiger partial charge in [-0.15, -0.1) is 0 Å². The molecule has 0 saturated heterocycles. The number of furan rings is 1. The minimum absolute atomic E-state index is 0.207. The molecule has 6 heteroatoms. The molecule has 17 heavy (non-hydrogen) atoms. The summed E-state index contributed by atoms with van der Waals surface area (Å²) in [7, 11) is -3.73. The van der Waals surface area contributed by atoms with Crippen LogP contribution in [0.4, 0.5) is 5.69 Å². The van der Waals surface area contributed by atoms with Crippen LogP contribution in [0.3, 0.4) is 0 Å². The van der Waals surface area contributed by atoms with E-state index in [0.29, 0.717) is 5.69 Å². The zero-order chi connectivity index (χ0) is 12.3. The van der Waals surface area contributed by atoms with Crippen molar-refractivity contribution in [1.82, 2.24) is 0 Å². The third-order valence-electron chi connectivity index (χ3n) is 2.08. The number of anilines is 1. The number of hydrogen-bond acceptors (Lipinski definition) is 4. The first kappa shape index (κ1) is 11.7. The lowest BCUT2D eigenvalue weighted by Crippen LogP contribution is -2.11. The molecule has 0 bridgehead atoms. The molecule has 1 aromatic heterocycles. The second-order valence-corrected chi connectivity index (χ2v) is 4.96. The summed E-state index contributed by atoms with van der Waals surface area (Å²) >= 11 is 0. The largest absolute Gasteiger partial charge is 0.445 e. The molecule has 2 aromatic rings. The molecular weight excluding hydrogens is 242 g/mol. The molecule has 1 aromatic carbocycles. The van der Waals surface area contributed by atoms with Gasteiger partial charge in [-0.2, -0.15) is 8.42 Å². The van der Waals surface area contributed by atoms with Gasteiger partial charge in [-0.05, 0) is 24.3 Å². The lowest BCUT2D eigenvalue weighted by Gasteiger charge is -2.04. The van der Waals surface area contributed by atoms with Crippen molar-refractivity contribution in [2.45, 2.75) is 11.7 Å². The average Bonchev–Trinajstić information content (AvgIpc) is 2.79. The lowest BCUT2D eigenvalue weighted by atomic mass is 10.3. The molecule has 90 valence electrons. The topological polar surface area (TPSA) is 79.5 Å². The quantitative estimate of drug-likeness (QED) is 0.866. The summed E-state index contributed by atoms with van der Waals surface area (Å²) in [5, 5.41) is 8.58. The van der Waals surface area contributed by atoms with E-state index in [1.54, 1.807) is 30.3 Å². The van der Waals surface area contributed by atoms with E-state index >= 15 is 0 Å². The van der Waals surface area contributed by atoms with Gasteiger partial charge in [-0.1, -0.05) is 18.2 Å². The molecule has 2 N–H and O–H groups in total. The minimum Gasteiger partial charge on any atom is -0.445 e. The summed E-state index contributed by atoms with van der Waals surface area (Å²) in [6, 6.07) is 11.2. The van der Waals surface area contributed by atoms with Crippen molar-refractivity contribution in [2.24, 2.45) is 0 Å². The SMILES string of the molecule is O=S(=O)(Nc1ccccc1)c1ccc(CO)o1. The number of hydrogen-bond donors (Lipinski definition) is 2. The van der Waals surface area contributed by atoms with Gasteiger partial charge in [0, 0.05) is 5.69 Å². The van der Waals surface area contributed by atoms with E-state index in [9.17, 15) is 8.42 Å². The number of sulfonamides is 1. The lowest BCUT2D eigenvalue weighted by molar-refractivity contribution is 0.236. The Labute approximate surface area is 98.8 Å². The van der Waals surface area contributed by atoms with Crippen LogP contribution in [-0.2, 0) is 16.6 Å². The monoisotopic (exact) mass is 253 g/mol. The van der Waals surface area contributed by atoms with Gasteiger partial charge in [0.05, 0.1) is 0 Å². The van der Waals surface area contributed by atoms with Crippen molar-refractivity contribution in [3.8, 4) is 0 Å². The summed E-state index contributed by atoms with van der Waals surface area (Å²) in [5.41, 5.74) is 0.453. The van der Waals surface area contributed by atoms with Gasteiger partial charge in [0.2, 0.25) is 5.09 Å². The van der Waals surface area contributed by atoms with E-state index in [-0.39, 0.29) is 17.5 Å². The Bertz CT molecular complexity index is 589. The van der Waals surface area contributed by atoms with Crippen LogP contribution >= 0.6 is 0 Å². The molecule has 0 aliphatic carbocycles. The Morgan fingerprint density at radius 3 is 2.41 bits per heavy atom. The van der Waals surface area contributed by atoms with Gasteiger partial charge < -0.3 is 9.52 Å². The summed E-state index contributed by atoms with van der Waals surface area (Å²) < 4.78 is 31.0. The zero-order valence-electron chi connectivity index (χ0n) is 8.83. The van der Waals surface area contributed by atoms with E-state index < -0.39 is 10.0 Å². The van der Waals surface area contributed by atoms with Crippen LogP contribution in [0.25, 0.3) is 0 Å². The number of benzene rings is 1. The minimum atomic E-state index is -3.73. The number of nitrogens with one attached hydrogen (secondary N) is 1. The van der Waals surface area contributed by atoms with Gasteiger partial charge in [0.25, 0.3) is 10.0 Å². The third kappa shape index (κ3) is 2.66. The van der Waals surface area contributed by atoms with Crippen molar-refractivity contribution in [2.75, 3.05) is 4.72 Å². The van der Waals surface area contributed by atoms with E-state index in [2.05, 4.69) is 4.72 Å². The first-order valence-corrected chi connectivity index (χ1v) is 6.37. The highest BCUT2D eigenvalue weighted by atomic mass is 32.2. The predicted molar refractivity (Wildman–Crippen MR) is 61.9 cm³/mol. The van der Waals surface area contributed by atoms with Gasteiger partial charge in [0.15, 0.2) is 0 Å². The van der Waals surface area contributed by atoms with Crippen LogP contribution in [0.2, 0.25) is 0 Å². The van der Waals surface area contributed by atoms with Gasteiger partial charge in [-0.3, -0.25) is 4.72 Å². The van der Waals surface area contributed by atoms with Crippen LogP contribution < -0.4 is 4.72 Å². The second kappa shape index (κ2) is 4.60. The Hall–Kier alpha value is -1.79. The highest BCUT2D eigenvalue weighted by Gasteiger charge is 2.18. The van der Waals surface area contributed by atoms with Gasteiger partial charge >= 0.3 is 0 Å². The first-order valence-electron chi connectivity index (χ1n) is 4.89. The predicted octanol–water partition coefficient (Wildman–Crippen LogP) is 1.57. The highest BCUT2D eigenvalue weighted by Crippen LogP contribution is 2.18. The van der Waals surface area contributed by atoms with Gasteiger partial charge in [-0.25, -0.2) is 0 Å². The maximum Gasteiger partial charge on any atom is 0.295 e. The maximum absolute atomic E-state index is 11.8. The first-order chi connectivity index (χ1) is 8.12. The fourth-order valence-corrected chi connectivity index (χ4v) is 2.31. The molecule has 0 aliphatic heterocycles. The molecule has 5 nitrogen and oxygen atoms in total. The molecule has 0 saturated carbocycles. The molecule has 0 aliphatic rings. The van der Waals surface area contributed by atoms with Crippen molar-refractivity contribution in [3.05, 3.63) is 48.2 Å². The molecule has 2 rings (SSSR count). The van der Waals surface area contributed by atoms with Crippen molar-refractivity contribution in [1.29, 1.82) is 0 Å². The Kier molecular flexibility index (Phi) is 3.16. The van der Waals surface area contributed by atoms with E-state index in [0.717, 1.165) is 0 Å². The highest BCUT2D eigenvalue weighted by molar-refractivity contribution is 7.92. The van der Waals surface area contributed by atoms with Crippen LogP contribution in [-0.4, -0.2) is 13.5 Å². The summed E-state index contributed by atoms with van der Waals surface area (Å²) in [4.78, 5) is 0. The Morgan fingerprint density at radius 2 is 1.82 bits per heavy atom. The summed E-state index contributed by atoms with van der Waals surface area (Å²) in [6.45, 7) is -0.332. The third-order valence-corrected chi connectivity index (χ3v) is 3.34. The van der Waals surface area contributed by atoms with Crippen LogP contribution in [0, 0.1) is 0 Å². The van der Waals surface area contributed by atoms with Crippen molar-refractivity contribution >= 4 is 15.7 Å². The fraction of sp³-hybridized carbons (Fsp3) is 0.0909. The molecule has 0 radical (unpaired) electrons. The smallest absolute Gasteiger partial charge is 0.295 e.